The number of aromatic amines is 1. The van der Waals surface area contributed by atoms with E-state index in [1.54, 1.807) is 0 Å². The summed E-state index contributed by atoms with van der Waals surface area (Å²) in [6.45, 7) is 0.551. The van der Waals surface area contributed by atoms with Gasteiger partial charge in [-0.05, 0) is 28.8 Å². The molecular formula is C18H13N3O3. The smallest absolute Gasteiger partial charge is 0.354 e. The number of carbonyl (C=O) groups excluding carboxylic acids is 1. The predicted molar refractivity (Wildman–Crippen MR) is 87.6 cm³/mol. The number of carboxylic acid groups (broad SMARTS) is 1. The fraction of sp³-hybridized carbons (Fsp3) is 0.0556. The normalized spacial score (nSPS) is 12.8. The van der Waals surface area contributed by atoms with Gasteiger partial charge in [0.15, 0.2) is 5.69 Å². The second-order valence-corrected chi connectivity index (χ2v) is 5.56. The summed E-state index contributed by atoms with van der Waals surface area (Å²) < 4.78 is 0. The second-order valence-electron chi connectivity index (χ2n) is 5.56. The Labute approximate surface area is 137 Å². The highest BCUT2D eigenvalue weighted by molar-refractivity contribution is 5.99. The lowest BCUT2D eigenvalue weighted by Gasteiger charge is -2.06. The number of aromatic nitrogens is 2. The third-order valence-corrected chi connectivity index (χ3v) is 4.13. The van der Waals surface area contributed by atoms with E-state index in [4.69, 9.17) is 5.11 Å². The molecule has 0 radical (unpaired) electrons. The molecular weight excluding hydrogens is 306 g/mol. The van der Waals surface area contributed by atoms with Crippen molar-refractivity contribution in [1.29, 1.82) is 0 Å². The number of fused-ring (bicyclic) bond motifs is 1. The monoisotopic (exact) mass is 319 g/mol. The fourth-order valence-electron chi connectivity index (χ4n) is 2.91. The number of benzene rings is 2. The number of imidazole rings is 1. The number of nitrogens with zero attached hydrogens (tertiary/aromatic N) is 1. The van der Waals surface area contributed by atoms with Gasteiger partial charge in [0.1, 0.15) is 5.69 Å². The number of rotatable bonds is 3. The van der Waals surface area contributed by atoms with Crippen molar-refractivity contribution in [2.24, 2.45) is 0 Å². The summed E-state index contributed by atoms with van der Waals surface area (Å²) in [5.74, 6) is -1.08. The maximum atomic E-state index is 11.6. The first-order chi connectivity index (χ1) is 11.6. The Morgan fingerprint density at radius 1 is 1.04 bits per heavy atom. The zero-order chi connectivity index (χ0) is 16.7. The molecule has 2 heterocycles. The van der Waals surface area contributed by atoms with Crippen LogP contribution in [-0.4, -0.2) is 27.0 Å². The fourth-order valence-corrected chi connectivity index (χ4v) is 2.91. The van der Waals surface area contributed by atoms with E-state index in [-0.39, 0.29) is 11.6 Å². The number of hydrogen-bond donors (Lipinski definition) is 3. The molecule has 0 saturated carbocycles. The van der Waals surface area contributed by atoms with E-state index < -0.39 is 5.97 Å². The van der Waals surface area contributed by atoms with E-state index in [1.165, 1.54) is 6.33 Å². The van der Waals surface area contributed by atoms with Crippen LogP contribution in [0.4, 0.5) is 0 Å². The summed E-state index contributed by atoms with van der Waals surface area (Å²) in [5.41, 5.74) is 4.93. The van der Waals surface area contributed by atoms with Gasteiger partial charge in [-0.1, -0.05) is 30.3 Å². The highest BCUT2D eigenvalue weighted by atomic mass is 16.4. The average molecular weight is 319 g/mol. The maximum absolute atomic E-state index is 11.6. The van der Waals surface area contributed by atoms with Crippen molar-refractivity contribution in [3.63, 3.8) is 0 Å². The molecule has 2 aromatic carbocycles. The molecule has 0 saturated heterocycles. The topological polar surface area (TPSA) is 95.1 Å². The maximum Gasteiger partial charge on any atom is 0.354 e. The van der Waals surface area contributed by atoms with Crippen LogP contribution in [0.25, 0.3) is 22.4 Å². The van der Waals surface area contributed by atoms with Gasteiger partial charge in [0.25, 0.3) is 5.91 Å². The third-order valence-electron chi connectivity index (χ3n) is 4.13. The first-order valence-electron chi connectivity index (χ1n) is 7.42. The minimum atomic E-state index is -1.04. The number of nitrogens with one attached hydrogen (secondary N) is 2. The van der Waals surface area contributed by atoms with E-state index in [0.29, 0.717) is 12.2 Å². The van der Waals surface area contributed by atoms with Crippen molar-refractivity contribution >= 4 is 11.9 Å². The standard InChI is InChI=1S/C18H13N3O3/c22-17-14-6-5-12(7-13(14)8-19-17)10-1-3-11(4-2-10)15-16(18(23)24)21-9-20-15/h1-7,9H,8H2,(H,19,22)(H,20,21)(H,23,24). The Morgan fingerprint density at radius 2 is 1.75 bits per heavy atom. The molecule has 1 amide bonds. The van der Waals surface area contributed by atoms with E-state index in [9.17, 15) is 9.59 Å². The Hall–Kier alpha value is -3.41. The third kappa shape index (κ3) is 2.25. The summed E-state index contributed by atoms with van der Waals surface area (Å²) in [6.07, 6.45) is 1.37. The van der Waals surface area contributed by atoms with Crippen LogP contribution >= 0.6 is 0 Å². The summed E-state index contributed by atoms with van der Waals surface area (Å²) in [6, 6.07) is 13.3. The van der Waals surface area contributed by atoms with Crippen molar-refractivity contribution in [3.8, 4) is 22.4 Å². The van der Waals surface area contributed by atoms with E-state index in [1.807, 2.05) is 42.5 Å². The van der Waals surface area contributed by atoms with Gasteiger partial charge >= 0.3 is 5.97 Å². The van der Waals surface area contributed by atoms with Crippen LogP contribution in [-0.2, 0) is 6.54 Å². The van der Waals surface area contributed by atoms with Gasteiger partial charge in [0.2, 0.25) is 0 Å². The van der Waals surface area contributed by atoms with E-state index >= 15 is 0 Å². The number of H-pyrrole nitrogens is 1. The largest absolute Gasteiger partial charge is 0.477 e. The summed E-state index contributed by atoms with van der Waals surface area (Å²) in [7, 11) is 0. The van der Waals surface area contributed by atoms with E-state index in [2.05, 4.69) is 15.3 Å². The van der Waals surface area contributed by atoms with Crippen molar-refractivity contribution in [1.82, 2.24) is 15.3 Å². The lowest BCUT2D eigenvalue weighted by atomic mass is 9.99. The Morgan fingerprint density at radius 3 is 2.50 bits per heavy atom. The van der Waals surface area contributed by atoms with Crippen LogP contribution in [0.2, 0.25) is 0 Å². The number of amides is 1. The van der Waals surface area contributed by atoms with Gasteiger partial charge in [-0.2, -0.15) is 0 Å². The SMILES string of the molecule is O=C1NCc2cc(-c3ccc(-c4nc[nH]c4C(=O)O)cc3)ccc21. The quantitative estimate of drug-likeness (QED) is 0.691. The van der Waals surface area contributed by atoms with Gasteiger partial charge < -0.3 is 15.4 Å². The molecule has 4 rings (SSSR count). The zero-order valence-electron chi connectivity index (χ0n) is 12.5. The molecule has 6 nitrogen and oxygen atoms in total. The highest BCUT2D eigenvalue weighted by Gasteiger charge is 2.19. The Kier molecular flexibility index (Phi) is 3.16. The van der Waals surface area contributed by atoms with Gasteiger partial charge in [-0.25, -0.2) is 9.78 Å². The lowest BCUT2D eigenvalue weighted by molar-refractivity contribution is 0.0691. The average Bonchev–Trinajstić information content (AvgIpc) is 3.22. The first-order valence-corrected chi connectivity index (χ1v) is 7.42. The molecule has 0 unspecified atom stereocenters. The van der Waals surface area contributed by atoms with Crippen LogP contribution < -0.4 is 5.32 Å². The Balaban J connectivity index is 1.68. The number of carboxylic acids is 1. The minimum absolute atomic E-state index is 0.0355. The molecule has 0 fully saturated rings. The molecule has 118 valence electrons. The highest BCUT2D eigenvalue weighted by Crippen LogP contribution is 2.28. The minimum Gasteiger partial charge on any atom is -0.477 e. The predicted octanol–water partition coefficient (Wildman–Crippen LogP) is 2.69. The molecule has 1 aliphatic heterocycles. The molecule has 6 heteroatoms. The van der Waals surface area contributed by atoms with Crippen molar-refractivity contribution in [2.45, 2.75) is 6.54 Å². The van der Waals surface area contributed by atoms with E-state index in [0.717, 1.165) is 27.8 Å². The second kappa shape index (κ2) is 5.34. The van der Waals surface area contributed by atoms with Gasteiger partial charge in [0.05, 0.1) is 6.33 Å². The summed E-state index contributed by atoms with van der Waals surface area (Å²) >= 11 is 0. The van der Waals surface area contributed by atoms with Crippen molar-refractivity contribution in [3.05, 3.63) is 65.6 Å². The van der Waals surface area contributed by atoms with Gasteiger partial charge in [0, 0.05) is 17.7 Å². The Bertz CT molecular complexity index is 958. The van der Waals surface area contributed by atoms with Crippen LogP contribution in [0.5, 0.6) is 0 Å². The molecule has 0 atom stereocenters. The number of carbonyl (C=O) groups is 2. The molecule has 0 spiro atoms. The molecule has 3 aromatic rings. The number of aromatic carboxylic acids is 1. The van der Waals surface area contributed by atoms with Crippen LogP contribution in [0, 0.1) is 0 Å². The van der Waals surface area contributed by atoms with Gasteiger partial charge in [-0.15, -0.1) is 0 Å². The summed E-state index contributed by atoms with van der Waals surface area (Å²) in [4.78, 5) is 29.5. The first kappa shape index (κ1) is 14.2. The molecule has 0 bridgehead atoms. The molecule has 1 aliphatic rings. The van der Waals surface area contributed by atoms with Crippen molar-refractivity contribution < 1.29 is 14.7 Å². The molecule has 1 aromatic heterocycles. The lowest BCUT2D eigenvalue weighted by Crippen LogP contribution is -2.12. The van der Waals surface area contributed by atoms with Crippen LogP contribution in [0.15, 0.2) is 48.8 Å². The molecule has 0 aliphatic carbocycles. The zero-order valence-corrected chi connectivity index (χ0v) is 12.5. The molecule has 24 heavy (non-hydrogen) atoms. The number of hydrogen-bond acceptors (Lipinski definition) is 3. The summed E-state index contributed by atoms with van der Waals surface area (Å²) in [5, 5.41) is 12.0. The van der Waals surface area contributed by atoms with Gasteiger partial charge in [-0.3, -0.25) is 4.79 Å². The van der Waals surface area contributed by atoms with Crippen LogP contribution in [0.1, 0.15) is 26.4 Å². The van der Waals surface area contributed by atoms with Crippen LogP contribution in [0.3, 0.4) is 0 Å². The van der Waals surface area contributed by atoms with Crippen molar-refractivity contribution in [2.75, 3.05) is 0 Å². The molecule has 3 N–H and O–H groups in total.